The number of amides is 1. The molecule has 3 N–H and O–H groups in total. The zero-order chi connectivity index (χ0) is 28.6. The van der Waals surface area contributed by atoms with E-state index < -0.39 is 0 Å². The van der Waals surface area contributed by atoms with Gasteiger partial charge in [-0.15, -0.1) is 10.2 Å². The SMILES string of the molecule is Cn1cnnc1[C@]1(c2cccc(NC(=O)c3cc(CNC[C@H]4CCCO4)c4c(n3)C(C)(C)CN4)c2)C[C@H](CC#N)C1. The molecule has 0 bridgehead atoms. The summed E-state index contributed by atoms with van der Waals surface area (Å²) in [6, 6.07) is 12.2. The van der Waals surface area contributed by atoms with Crippen LogP contribution < -0.4 is 16.0 Å². The van der Waals surface area contributed by atoms with E-state index in [2.05, 4.69) is 52.1 Å². The van der Waals surface area contributed by atoms with E-state index in [1.807, 2.05) is 35.9 Å². The van der Waals surface area contributed by atoms with Gasteiger partial charge in [0.2, 0.25) is 0 Å². The number of nitrogens with one attached hydrogen (secondary N) is 3. The van der Waals surface area contributed by atoms with E-state index in [1.165, 1.54) is 0 Å². The molecule has 10 heteroatoms. The fraction of sp³-hybridized carbons (Fsp3) is 0.516. The van der Waals surface area contributed by atoms with Crippen LogP contribution in [0.15, 0.2) is 36.7 Å². The number of carbonyl (C=O) groups excluding carboxylic acids is 1. The number of hydrogen-bond donors (Lipinski definition) is 3. The normalized spacial score (nSPS) is 24.2. The summed E-state index contributed by atoms with van der Waals surface area (Å²) in [4.78, 5) is 18.5. The molecule has 3 aliphatic rings. The number of pyridine rings is 1. The molecule has 6 rings (SSSR count). The van der Waals surface area contributed by atoms with Gasteiger partial charge in [0.25, 0.3) is 5.91 Å². The topological polar surface area (TPSA) is 130 Å². The number of rotatable bonds is 9. The van der Waals surface area contributed by atoms with Crippen LogP contribution in [0.25, 0.3) is 0 Å². The van der Waals surface area contributed by atoms with Crippen molar-refractivity contribution < 1.29 is 9.53 Å². The monoisotopic (exact) mass is 554 g/mol. The van der Waals surface area contributed by atoms with E-state index in [-0.39, 0.29) is 22.8 Å². The third kappa shape index (κ3) is 5.20. The van der Waals surface area contributed by atoms with Crippen LogP contribution in [0.4, 0.5) is 11.4 Å². The average Bonchev–Trinajstić information content (AvgIpc) is 3.67. The Balaban J connectivity index is 1.24. The van der Waals surface area contributed by atoms with Gasteiger partial charge in [0.15, 0.2) is 0 Å². The van der Waals surface area contributed by atoms with E-state index in [0.29, 0.717) is 30.3 Å². The van der Waals surface area contributed by atoms with E-state index in [4.69, 9.17) is 9.72 Å². The van der Waals surface area contributed by atoms with E-state index in [9.17, 15) is 10.1 Å². The Morgan fingerprint density at radius 1 is 1.29 bits per heavy atom. The van der Waals surface area contributed by atoms with Gasteiger partial charge in [-0.1, -0.05) is 26.0 Å². The first-order chi connectivity index (χ1) is 19.8. The predicted octanol–water partition coefficient (Wildman–Crippen LogP) is 4.04. The van der Waals surface area contributed by atoms with E-state index >= 15 is 0 Å². The van der Waals surface area contributed by atoms with Gasteiger partial charge in [-0.3, -0.25) is 4.79 Å². The van der Waals surface area contributed by atoms with Crippen LogP contribution in [-0.2, 0) is 29.2 Å². The second kappa shape index (κ2) is 10.9. The molecule has 3 aromatic rings. The molecule has 2 aromatic heterocycles. The standard InChI is InChI=1S/C31H38N8O2/c1-30(2)18-34-26-21(16-33-17-24-8-5-11-41-24)12-25(37-27(26)30)28(40)36-23-7-4-6-22(13-23)31(14-20(15-31)9-10-32)29-38-35-19-39(29)3/h4,6-7,12-13,19-20,24,33-34H,5,8-9,11,14-18H2,1-3H3,(H,36,40)/t20-,24-,31+/m1/s1. The molecule has 1 atom stereocenters. The highest BCUT2D eigenvalue weighted by molar-refractivity contribution is 6.03. The number of aryl methyl sites for hydroxylation is 1. The molecule has 4 heterocycles. The van der Waals surface area contributed by atoms with Crippen molar-refractivity contribution in [1.82, 2.24) is 25.1 Å². The second-order valence-electron chi connectivity index (χ2n) is 12.4. The van der Waals surface area contributed by atoms with Crippen molar-refractivity contribution in [2.45, 2.75) is 69.4 Å². The van der Waals surface area contributed by atoms with Crippen molar-refractivity contribution >= 4 is 17.3 Å². The number of anilines is 2. The first-order valence-electron chi connectivity index (χ1n) is 14.5. The Morgan fingerprint density at radius 3 is 2.88 bits per heavy atom. The number of nitriles is 1. The van der Waals surface area contributed by atoms with Crippen LogP contribution >= 0.6 is 0 Å². The van der Waals surface area contributed by atoms with Gasteiger partial charge in [-0.2, -0.15) is 5.26 Å². The second-order valence-corrected chi connectivity index (χ2v) is 12.4. The van der Waals surface area contributed by atoms with Crippen molar-refractivity contribution in [3.8, 4) is 6.07 Å². The van der Waals surface area contributed by atoms with Gasteiger partial charge in [0.05, 0.1) is 29.0 Å². The Bertz CT molecular complexity index is 1480. The van der Waals surface area contributed by atoms with Crippen molar-refractivity contribution in [1.29, 1.82) is 5.26 Å². The first kappa shape index (κ1) is 27.4. The fourth-order valence-electron chi connectivity index (χ4n) is 6.66. The molecule has 1 amide bonds. The number of benzene rings is 1. The maximum Gasteiger partial charge on any atom is 0.274 e. The first-order valence-corrected chi connectivity index (χ1v) is 14.5. The number of fused-ring (bicyclic) bond motifs is 1. The van der Waals surface area contributed by atoms with Gasteiger partial charge < -0.3 is 25.3 Å². The molecule has 10 nitrogen and oxygen atoms in total. The summed E-state index contributed by atoms with van der Waals surface area (Å²) in [6.45, 7) is 7.33. The summed E-state index contributed by atoms with van der Waals surface area (Å²) < 4.78 is 7.71. The number of carbonyl (C=O) groups is 1. The Hall–Kier alpha value is -3.81. The lowest BCUT2D eigenvalue weighted by molar-refractivity contribution is 0.102. The lowest BCUT2D eigenvalue weighted by Gasteiger charge is -2.46. The van der Waals surface area contributed by atoms with Gasteiger partial charge in [-0.25, -0.2) is 4.98 Å². The molecule has 41 heavy (non-hydrogen) atoms. The molecule has 0 radical (unpaired) electrons. The molecular weight excluding hydrogens is 516 g/mol. The van der Waals surface area contributed by atoms with Crippen molar-refractivity contribution in [2.75, 3.05) is 30.3 Å². The molecule has 1 aliphatic carbocycles. The zero-order valence-corrected chi connectivity index (χ0v) is 24.0. The van der Waals surface area contributed by atoms with Crippen LogP contribution in [0.5, 0.6) is 0 Å². The summed E-state index contributed by atoms with van der Waals surface area (Å²) in [5.74, 6) is 0.955. The maximum atomic E-state index is 13.6. The van der Waals surface area contributed by atoms with E-state index in [0.717, 1.165) is 73.7 Å². The number of aromatic nitrogens is 4. The highest BCUT2D eigenvalue weighted by Crippen LogP contribution is 2.53. The molecule has 1 saturated carbocycles. The summed E-state index contributed by atoms with van der Waals surface area (Å²) >= 11 is 0. The van der Waals surface area contributed by atoms with Crippen LogP contribution in [0.1, 0.15) is 79.1 Å². The van der Waals surface area contributed by atoms with Crippen LogP contribution in [-0.4, -0.2) is 51.5 Å². The Morgan fingerprint density at radius 2 is 2.15 bits per heavy atom. The quantitative estimate of drug-likeness (QED) is 0.361. The number of ether oxygens (including phenoxy) is 1. The third-order valence-corrected chi connectivity index (χ3v) is 8.86. The number of nitrogens with zero attached hydrogens (tertiary/aromatic N) is 5. The zero-order valence-electron chi connectivity index (χ0n) is 24.0. The molecule has 0 unspecified atom stereocenters. The Labute approximate surface area is 240 Å². The molecule has 0 spiro atoms. The Kier molecular flexibility index (Phi) is 7.26. The molecule has 2 aliphatic heterocycles. The van der Waals surface area contributed by atoms with Gasteiger partial charge >= 0.3 is 0 Å². The van der Waals surface area contributed by atoms with Crippen LogP contribution in [0, 0.1) is 17.2 Å². The van der Waals surface area contributed by atoms with Crippen LogP contribution in [0.3, 0.4) is 0 Å². The minimum absolute atomic E-state index is 0.179. The van der Waals surface area contributed by atoms with Gasteiger partial charge in [-0.05, 0) is 60.9 Å². The minimum atomic E-state index is -0.336. The van der Waals surface area contributed by atoms with Crippen LogP contribution in [0.2, 0.25) is 0 Å². The van der Waals surface area contributed by atoms with Crippen molar-refractivity contribution in [3.63, 3.8) is 0 Å². The van der Waals surface area contributed by atoms with Gasteiger partial charge in [0, 0.05) is 50.8 Å². The molecule has 2 fully saturated rings. The molecule has 1 aromatic carbocycles. The lowest BCUT2D eigenvalue weighted by atomic mass is 9.57. The average molecular weight is 555 g/mol. The van der Waals surface area contributed by atoms with E-state index in [1.54, 1.807) is 6.33 Å². The van der Waals surface area contributed by atoms with Gasteiger partial charge in [0.1, 0.15) is 17.8 Å². The predicted molar refractivity (Wildman–Crippen MR) is 156 cm³/mol. The summed E-state index contributed by atoms with van der Waals surface area (Å²) in [7, 11) is 1.95. The highest BCUT2D eigenvalue weighted by atomic mass is 16.5. The maximum absolute atomic E-state index is 13.6. The summed E-state index contributed by atoms with van der Waals surface area (Å²) in [5, 5.41) is 27.9. The lowest BCUT2D eigenvalue weighted by Crippen LogP contribution is -2.44. The minimum Gasteiger partial charge on any atom is -0.382 e. The molecule has 1 saturated heterocycles. The molecular formula is C31H38N8O2. The van der Waals surface area contributed by atoms with Crippen molar-refractivity contribution in [2.24, 2.45) is 13.0 Å². The highest BCUT2D eigenvalue weighted by Gasteiger charge is 2.49. The smallest absolute Gasteiger partial charge is 0.274 e. The largest absolute Gasteiger partial charge is 0.382 e. The van der Waals surface area contributed by atoms with Crippen molar-refractivity contribution in [3.05, 3.63) is 65.0 Å². The summed E-state index contributed by atoms with van der Waals surface area (Å²) in [6.07, 6.45) is 6.32. The number of hydrogen-bond acceptors (Lipinski definition) is 8. The third-order valence-electron chi connectivity index (χ3n) is 8.86. The molecule has 214 valence electrons. The summed E-state index contributed by atoms with van der Waals surface area (Å²) in [5.41, 5.74) is 4.64. The fourth-order valence-corrected chi connectivity index (χ4v) is 6.66.